The van der Waals surface area contributed by atoms with Crippen molar-refractivity contribution >= 4 is 44.1 Å². The monoisotopic (exact) mass is 568 g/mol. The summed E-state index contributed by atoms with van der Waals surface area (Å²) in [7, 11) is 0. The Bertz CT molecular complexity index is 1960. The van der Waals surface area contributed by atoms with Crippen molar-refractivity contribution in [1.29, 1.82) is 0 Å². The zero-order chi connectivity index (χ0) is 34.9. The third-order valence-corrected chi connectivity index (χ3v) is 7.06. The molecular formula is C29H32N6O4S. The third kappa shape index (κ3) is 5.81. The lowest BCUT2D eigenvalue weighted by atomic mass is 9.93. The molecule has 2 amide bonds. The molecule has 5 aromatic rings. The van der Waals surface area contributed by atoms with Crippen LogP contribution in [-0.2, 0) is 10.2 Å². The van der Waals surface area contributed by atoms with Gasteiger partial charge < -0.3 is 19.3 Å². The Morgan fingerprint density at radius 3 is 2.67 bits per heavy atom. The number of hydrogen-bond donors (Lipinski definition) is 2. The van der Waals surface area contributed by atoms with Crippen LogP contribution >= 0.6 is 11.3 Å². The van der Waals surface area contributed by atoms with Gasteiger partial charge in [-0.25, -0.2) is 9.78 Å². The zero-order valence-electron chi connectivity index (χ0n) is 29.9. The van der Waals surface area contributed by atoms with Gasteiger partial charge in [0.25, 0.3) is 0 Å². The Morgan fingerprint density at radius 1 is 1.12 bits per heavy atom. The number of amides is 2. The number of anilines is 2. The molecule has 4 heterocycles. The van der Waals surface area contributed by atoms with Gasteiger partial charge in [0.1, 0.15) is 18.1 Å². The number of aromatic nitrogens is 3. The summed E-state index contributed by atoms with van der Waals surface area (Å²) in [5.74, 6) is 1.39. The molecule has 0 saturated carbocycles. The highest BCUT2D eigenvalue weighted by atomic mass is 32.1. The first-order chi connectivity index (χ1) is 22.3. The van der Waals surface area contributed by atoms with Crippen LogP contribution in [0.4, 0.5) is 16.3 Å². The Labute approximate surface area is 247 Å². The second kappa shape index (κ2) is 10.9. The molecule has 1 fully saturated rings. The highest BCUT2D eigenvalue weighted by Gasteiger charge is 2.20. The fourth-order valence-electron chi connectivity index (χ4n) is 3.98. The second-order valence-electron chi connectivity index (χ2n) is 10.0. The van der Waals surface area contributed by atoms with Crippen LogP contribution in [0.25, 0.3) is 26.4 Å². The average Bonchev–Trinajstić information content (AvgIpc) is 3.69. The lowest BCUT2D eigenvalue weighted by molar-refractivity contribution is 0.0322. The van der Waals surface area contributed by atoms with Crippen LogP contribution in [0.5, 0.6) is 5.75 Å². The first-order valence-electron chi connectivity index (χ1n) is 16.5. The van der Waals surface area contributed by atoms with Crippen LogP contribution in [0.1, 0.15) is 37.5 Å². The van der Waals surface area contributed by atoms with E-state index in [1.807, 2.05) is 49.6 Å². The van der Waals surface area contributed by atoms with Gasteiger partial charge in [0.2, 0.25) is 0 Å². The van der Waals surface area contributed by atoms with Gasteiger partial charge in [-0.2, -0.15) is 0 Å². The fourth-order valence-corrected chi connectivity index (χ4v) is 5.01. The summed E-state index contributed by atoms with van der Waals surface area (Å²) >= 11 is 1.41. The predicted molar refractivity (Wildman–Crippen MR) is 157 cm³/mol. The van der Waals surface area contributed by atoms with Gasteiger partial charge in [0.15, 0.2) is 10.8 Å². The van der Waals surface area contributed by atoms with Gasteiger partial charge in [0.05, 0.1) is 34.5 Å². The first kappa shape index (κ1) is 18.4. The number of nitrogens with one attached hydrogen (secondary N) is 2. The van der Waals surface area contributed by atoms with E-state index in [-0.39, 0.29) is 12.0 Å². The maximum Gasteiger partial charge on any atom is 0.324 e. The van der Waals surface area contributed by atoms with E-state index >= 15 is 0 Å². The standard InChI is InChI=1S/C29H32N6O4S/c1-29(2,3)25-17-26(33-39-25)32-27(36)30-20-6-4-19(5-7-20)22-18-35-23-9-8-21(16-24(23)40-28(35)31-22)38-15-12-34-10-13-37-14-11-34/h4-9,16-18H,10-15H2,1-3H3,(H2,30,32,33,36)/i10D2,11D2,13D2,14D2. The number of ether oxygens (including phenoxy) is 2. The molecule has 0 radical (unpaired) electrons. The molecular weight excluding hydrogens is 528 g/mol. The number of morpholine rings is 1. The van der Waals surface area contributed by atoms with Crippen molar-refractivity contribution in [3.63, 3.8) is 0 Å². The number of urea groups is 1. The summed E-state index contributed by atoms with van der Waals surface area (Å²) in [6.07, 6.45) is 1.89. The van der Waals surface area contributed by atoms with Crippen molar-refractivity contribution in [2.45, 2.75) is 26.2 Å². The maximum absolute atomic E-state index is 12.5. The van der Waals surface area contributed by atoms with Gasteiger partial charge in [-0.05, 0) is 30.3 Å². The van der Waals surface area contributed by atoms with Crippen LogP contribution < -0.4 is 15.4 Å². The average molecular weight is 569 g/mol. The molecule has 0 aliphatic carbocycles. The topological polar surface area (TPSA) is 106 Å². The summed E-state index contributed by atoms with van der Waals surface area (Å²) in [5, 5.41) is 9.32. The molecule has 1 aliphatic rings. The van der Waals surface area contributed by atoms with Gasteiger partial charge in [-0.15, -0.1) is 0 Å². The lowest BCUT2D eigenvalue weighted by Crippen LogP contribution is -2.38. The van der Waals surface area contributed by atoms with Gasteiger partial charge in [-0.3, -0.25) is 14.6 Å². The maximum atomic E-state index is 12.5. The summed E-state index contributed by atoms with van der Waals surface area (Å²) < 4.78 is 82.2. The summed E-state index contributed by atoms with van der Waals surface area (Å²) in [6, 6.07) is 13.8. The van der Waals surface area contributed by atoms with E-state index < -0.39 is 38.7 Å². The predicted octanol–water partition coefficient (Wildman–Crippen LogP) is 5.86. The minimum absolute atomic E-state index is 0.235. The molecule has 1 aliphatic heterocycles. The van der Waals surface area contributed by atoms with Crippen molar-refractivity contribution in [2.75, 3.05) is 49.9 Å². The number of fused-ring (bicyclic) bond motifs is 3. The van der Waals surface area contributed by atoms with Gasteiger partial charge in [0, 0.05) is 54.0 Å². The van der Waals surface area contributed by atoms with E-state index in [1.54, 1.807) is 30.3 Å². The van der Waals surface area contributed by atoms with Crippen LogP contribution in [0.2, 0.25) is 0 Å². The number of benzene rings is 2. The number of rotatable bonds is 7. The quantitative estimate of drug-likeness (QED) is 0.253. The molecule has 0 atom stereocenters. The molecule has 0 unspecified atom stereocenters. The fraction of sp³-hybridized carbons (Fsp3) is 0.345. The molecule has 1 saturated heterocycles. The Morgan fingerprint density at radius 2 is 1.93 bits per heavy atom. The first-order valence-corrected chi connectivity index (χ1v) is 13.3. The molecule has 208 valence electrons. The lowest BCUT2D eigenvalue weighted by Gasteiger charge is -2.26. The van der Waals surface area contributed by atoms with E-state index in [1.165, 1.54) is 11.3 Å². The molecule has 2 aromatic carbocycles. The van der Waals surface area contributed by atoms with E-state index in [2.05, 4.69) is 20.5 Å². The molecule has 2 N–H and O–H groups in total. The number of thiazole rings is 1. The Hall–Kier alpha value is -3.93. The van der Waals surface area contributed by atoms with Crippen LogP contribution in [0, 0.1) is 0 Å². The SMILES string of the molecule is [2H]C1([2H])OC([2H])([2H])C([2H])([2H])N(CCOc2ccc3c(c2)sc2nc(-c4ccc(NC(=O)Nc5cc(C(C)(C)C)on5)cc4)cn23)C1([2H])[2H]. The molecule has 10 nitrogen and oxygen atoms in total. The van der Waals surface area contributed by atoms with Gasteiger partial charge in [-0.1, -0.05) is 49.4 Å². The van der Waals surface area contributed by atoms with Crippen molar-refractivity contribution in [1.82, 2.24) is 19.4 Å². The van der Waals surface area contributed by atoms with Crippen molar-refractivity contribution < 1.29 is 29.8 Å². The minimum Gasteiger partial charge on any atom is -0.492 e. The van der Waals surface area contributed by atoms with Crippen molar-refractivity contribution in [3.05, 3.63) is 60.5 Å². The van der Waals surface area contributed by atoms with Crippen LogP contribution in [-0.4, -0.2) is 64.7 Å². The second-order valence-corrected chi connectivity index (χ2v) is 11.0. The van der Waals surface area contributed by atoms with E-state index in [0.717, 1.165) is 26.4 Å². The highest BCUT2D eigenvalue weighted by molar-refractivity contribution is 7.23. The normalized spacial score (nSPS) is 22.6. The van der Waals surface area contributed by atoms with E-state index in [9.17, 15) is 4.79 Å². The Balaban J connectivity index is 1.10. The number of nitrogens with zero attached hydrogens (tertiary/aromatic N) is 4. The molecule has 40 heavy (non-hydrogen) atoms. The van der Waals surface area contributed by atoms with E-state index in [0.29, 0.717) is 27.9 Å². The highest BCUT2D eigenvalue weighted by Crippen LogP contribution is 2.32. The largest absolute Gasteiger partial charge is 0.492 e. The summed E-state index contributed by atoms with van der Waals surface area (Å²) in [4.78, 5) is 18.4. The third-order valence-electron chi connectivity index (χ3n) is 6.04. The smallest absolute Gasteiger partial charge is 0.324 e. The van der Waals surface area contributed by atoms with Crippen molar-refractivity contribution in [2.24, 2.45) is 0 Å². The molecule has 0 spiro atoms. The molecule has 6 rings (SSSR count). The molecule has 3 aromatic heterocycles. The number of carbonyl (C=O) groups is 1. The van der Waals surface area contributed by atoms with Crippen LogP contribution in [0.15, 0.2) is 59.3 Å². The molecule has 11 heteroatoms. The Kier molecular flexibility index (Phi) is 5.03. The summed E-state index contributed by atoms with van der Waals surface area (Å²) in [5.41, 5.74) is 2.77. The van der Waals surface area contributed by atoms with E-state index in [4.69, 9.17) is 25.2 Å². The summed E-state index contributed by atoms with van der Waals surface area (Å²) in [6.45, 7) is -6.87. The van der Waals surface area contributed by atoms with Gasteiger partial charge >= 0.3 is 6.03 Å². The number of carbonyl (C=O) groups excluding carboxylic acids is 1. The minimum atomic E-state index is -3.10. The number of hydrogen-bond acceptors (Lipinski definition) is 8. The van der Waals surface area contributed by atoms with Crippen molar-refractivity contribution in [3.8, 4) is 17.0 Å². The van der Waals surface area contributed by atoms with Crippen LogP contribution in [0.3, 0.4) is 0 Å². The number of imidazole rings is 1. The molecule has 0 bridgehead atoms. The zero-order valence-corrected chi connectivity index (χ0v) is 22.8.